The summed E-state index contributed by atoms with van der Waals surface area (Å²) in [6.45, 7) is 1.79. The number of nitrogens with one attached hydrogen (secondary N) is 2. The molecule has 7 heteroatoms. The van der Waals surface area contributed by atoms with E-state index in [-0.39, 0.29) is 17.6 Å². The standard InChI is InChI=1S/C16H17ClFN3O2/c1-10(11-4-6-19-7-5-11)21-16(23)20-9-15(22)12-2-3-13(17)14(18)8-12/h2-8,10,15,22H,9H2,1H3,(H2,20,21,23)/t10-,15-/m0/s1. The maximum Gasteiger partial charge on any atom is 0.315 e. The van der Waals surface area contributed by atoms with Gasteiger partial charge in [0.15, 0.2) is 0 Å². The van der Waals surface area contributed by atoms with Gasteiger partial charge in [0.25, 0.3) is 0 Å². The summed E-state index contributed by atoms with van der Waals surface area (Å²) in [5.74, 6) is -0.612. The fraction of sp³-hybridized carbons (Fsp3) is 0.250. The third-order valence-electron chi connectivity index (χ3n) is 3.34. The molecule has 0 unspecified atom stereocenters. The first kappa shape index (κ1) is 17.2. The van der Waals surface area contributed by atoms with E-state index in [4.69, 9.17) is 11.6 Å². The summed E-state index contributed by atoms with van der Waals surface area (Å²) in [4.78, 5) is 15.8. The van der Waals surface area contributed by atoms with Crippen molar-refractivity contribution in [1.29, 1.82) is 0 Å². The lowest BCUT2D eigenvalue weighted by Gasteiger charge is -2.17. The zero-order valence-electron chi connectivity index (χ0n) is 12.5. The van der Waals surface area contributed by atoms with Crippen molar-refractivity contribution in [3.8, 4) is 0 Å². The fourth-order valence-corrected chi connectivity index (χ4v) is 2.13. The molecule has 5 nitrogen and oxygen atoms in total. The Hall–Kier alpha value is -2.18. The molecule has 0 spiro atoms. The van der Waals surface area contributed by atoms with Gasteiger partial charge in [-0.3, -0.25) is 4.98 Å². The highest BCUT2D eigenvalue weighted by molar-refractivity contribution is 6.30. The highest BCUT2D eigenvalue weighted by Crippen LogP contribution is 2.19. The molecule has 0 radical (unpaired) electrons. The van der Waals surface area contributed by atoms with Gasteiger partial charge in [-0.2, -0.15) is 0 Å². The molecule has 2 amide bonds. The quantitative estimate of drug-likeness (QED) is 0.785. The Morgan fingerprint density at radius 1 is 1.30 bits per heavy atom. The van der Waals surface area contributed by atoms with Gasteiger partial charge in [0.1, 0.15) is 5.82 Å². The van der Waals surface area contributed by atoms with Crippen molar-refractivity contribution >= 4 is 17.6 Å². The van der Waals surface area contributed by atoms with Crippen molar-refractivity contribution in [2.45, 2.75) is 19.1 Å². The van der Waals surface area contributed by atoms with Crippen LogP contribution >= 0.6 is 11.6 Å². The lowest BCUT2D eigenvalue weighted by atomic mass is 10.1. The minimum absolute atomic E-state index is 0.0159. The lowest BCUT2D eigenvalue weighted by Crippen LogP contribution is -2.39. The van der Waals surface area contributed by atoms with Gasteiger partial charge in [0, 0.05) is 18.9 Å². The highest BCUT2D eigenvalue weighted by atomic mass is 35.5. The molecule has 0 aliphatic carbocycles. The number of halogens is 2. The zero-order valence-corrected chi connectivity index (χ0v) is 13.2. The van der Waals surface area contributed by atoms with Crippen LogP contribution in [0.5, 0.6) is 0 Å². The molecule has 2 atom stereocenters. The van der Waals surface area contributed by atoms with E-state index >= 15 is 0 Å². The SMILES string of the molecule is C[C@H](NC(=O)NC[C@H](O)c1ccc(Cl)c(F)c1)c1ccncc1. The average Bonchev–Trinajstić information content (AvgIpc) is 2.56. The Morgan fingerprint density at radius 3 is 2.65 bits per heavy atom. The van der Waals surface area contributed by atoms with Gasteiger partial charge in [-0.1, -0.05) is 17.7 Å². The van der Waals surface area contributed by atoms with Crippen molar-refractivity contribution in [3.05, 3.63) is 64.7 Å². The monoisotopic (exact) mass is 337 g/mol. The van der Waals surface area contributed by atoms with Crippen LogP contribution in [0, 0.1) is 5.82 Å². The van der Waals surface area contributed by atoms with Crippen LogP contribution in [0.15, 0.2) is 42.7 Å². The molecule has 0 aliphatic rings. The Balaban J connectivity index is 1.85. The Kier molecular flexibility index (Phi) is 5.90. The number of aliphatic hydroxyl groups is 1. The molecule has 0 saturated heterocycles. The predicted molar refractivity (Wildman–Crippen MR) is 85.6 cm³/mol. The molecule has 0 saturated carbocycles. The van der Waals surface area contributed by atoms with Gasteiger partial charge < -0.3 is 15.7 Å². The topological polar surface area (TPSA) is 74.2 Å². The Morgan fingerprint density at radius 2 is 2.00 bits per heavy atom. The molecule has 1 aromatic carbocycles. The van der Waals surface area contributed by atoms with Crippen LogP contribution in [0.2, 0.25) is 5.02 Å². The van der Waals surface area contributed by atoms with E-state index in [1.165, 1.54) is 12.1 Å². The number of nitrogens with zero attached hydrogens (tertiary/aromatic N) is 1. The summed E-state index contributed by atoms with van der Waals surface area (Å²) in [5, 5.41) is 15.2. The largest absolute Gasteiger partial charge is 0.387 e. The normalized spacial score (nSPS) is 13.2. The predicted octanol–water partition coefficient (Wildman–Crippen LogP) is 2.97. The molecule has 3 N–H and O–H groups in total. The van der Waals surface area contributed by atoms with Crippen molar-refractivity contribution in [2.75, 3.05) is 6.54 Å². The maximum absolute atomic E-state index is 13.4. The number of pyridine rings is 1. The minimum Gasteiger partial charge on any atom is -0.387 e. The Bertz CT molecular complexity index is 670. The van der Waals surface area contributed by atoms with E-state index in [9.17, 15) is 14.3 Å². The summed E-state index contributed by atoms with van der Waals surface area (Å²) >= 11 is 5.59. The van der Waals surface area contributed by atoms with Crippen LogP contribution in [-0.4, -0.2) is 22.7 Å². The molecule has 1 heterocycles. The van der Waals surface area contributed by atoms with Crippen molar-refractivity contribution in [3.63, 3.8) is 0 Å². The summed E-state index contributed by atoms with van der Waals surface area (Å²) in [6.07, 6.45) is 2.26. The number of urea groups is 1. The van der Waals surface area contributed by atoms with Crippen LogP contribution in [0.1, 0.15) is 30.2 Å². The number of hydrogen-bond donors (Lipinski definition) is 3. The lowest BCUT2D eigenvalue weighted by molar-refractivity contribution is 0.172. The number of hydrogen-bond acceptors (Lipinski definition) is 3. The maximum atomic E-state index is 13.4. The van der Waals surface area contributed by atoms with E-state index < -0.39 is 18.0 Å². The second kappa shape index (κ2) is 7.89. The zero-order chi connectivity index (χ0) is 16.8. The molecule has 0 bridgehead atoms. The number of benzene rings is 1. The summed E-state index contributed by atoms with van der Waals surface area (Å²) < 4.78 is 13.4. The van der Waals surface area contributed by atoms with E-state index in [0.717, 1.165) is 11.6 Å². The van der Waals surface area contributed by atoms with Crippen LogP contribution in [0.3, 0.4) is 0 Å². The van der Waals surface area contributed by atoms with Gasteiger partial charge >= 0.3 is 6.03 Å². The second-order valence-corrected chi connectivity index (χ2v) is 5.45. The van der Waals surface area contributed by atoms with Gasteiger partial charge in [-0.15, -0.1) is 0 Å². The van der Waals surface area contributed by atoms with Gasteiger partial charge in [-0.05, 0) is 42.3 Å². The van der Waals surface area contributed by atoms with E-state index in [2.05, 4.69) is 15.6 Å². The fourth-order valence-electron chi connectivity index (χ4n) is 2.01. The second-order valence-electron chi connectivity index (χ2n) is 5.05. The number of aliphatic hydroxyl groups excluding tert-OH is 1. The number of amides is 2. The molecule has 23 heavy (non-hydrogen) atoms. The molecular weight excluding hydrogens is 321 g/mol. The van der Waals surface area contributed by atoms with E-state index in [1.807, 2.05) is 6.92 Å². The number of carbonyl (C=O) groups excluding carboxylic acids is 1. The van der Waals surface area contributed by atoms with Gasteiger partial charge in [-0.25, -0.2) is 9.18 Å². The molecule has 122 valence electrons. The van der Waals surface area contributed by atoms with E-state index in [1.54, 1.807) is 24.5 Å². The average molecular weight is 338 g/mol. The summed E-state index contributed by atoms with van der Waals surface area (Å²) in [5.41, 5.74) is 1.25. The summed E-state index contributed by atoms with van der Waals surface area (Å²) in [7, 11) is 0. The molecule has 2 rings (SSSR count). The van der Waals surface area contributed by atoms with E-state index in [0.29, 0.717) is 5.56 Å². The first-order valence-electron chi connectivity index (χ1n) is 7.04. The summed E-state index contributed by atoms with van der Waals surface area (Å²) in [6, 6.07) is 6.99. The molecule has 2 aromatic rings. The van der Waals surface area contributed by atoms with Crippen molar-refractivity contribution < 1.29 is 14.3 Å². The molecule has 0 fully saturated rings. The van der Waals surface area contributed by atoms with Crippen LogP contribution in [0.4, 0.5) is 9.18 Å². The molecular formula is C16H17ClFN3O2. The van der Waals surface area contributed by atoms with Crippen LogP contribution in [0.25, 0.3) is 0 Å². The minimum atomic E-state index is -1.02. The highest BCUT2D eigenvalue weighted by Gasteiger charge is 2.13. The van der Waals surface area contributed by atoms with Crippen molar-refractivity contribution in [2.24, 2.45) is 0 Å². The van der Waals surface area contributed by atoms with Crippen molar-refractivity contribution in [1.82, 2.24) is 15.6 Å². The van der Waals surface area contributed by atoms with Crippen LogP contribution < -0.4 is 10.6 Å². The van der Waals surface area contributed by atoms with Gasteiger partial charge in [0.05, 0.1) is 17.2 Å². The first-order valence-corrected chi connectivity index (χ1v) is 7.42. The third-order valence-corrected chi connectivity index (χ3v) is 3.64. The van der Waals surface area contributed by atoms with Gasteiger partial charge in [0.2, 0.25) is 0 Å². The smallest absolute Gasteiger partial charge is 0.315 e. The first-order chi connectivity index (χ1) is 11.0. The van der Waals surface area contributed by atoms with Crippen LogP contribution in [-0.2, 0) is 0 Å². The third kappa shape index (κ3) is 4.91. The number of rotatable bonds is 5. The molecule has 1 aromatic heterocycles. The number of carbonyl (C=O) groups is 1. The number of aromatic nitrogens is 1. The molecule has 0 aliphatic heterocycles. The Labute approximate surface area is 138 Å².